The van der Waals surface area contributed by atoms with Crippen molar-refractivity contribution >= 4 is 5.78 Å². The van der Waals surface area contributed by atoms with Gasteiger partial charge >= 0.3 is 0 Å². The summed E-state index contributed by atoms with van der Waals surface area (Å²) in [6.45, 7) is 5.00. The Morgan fingerprint density at radius 3 is 2.45 bits per heavy atom. The first-order chi connectivity index (χ1) is 9.54. The van der Waals surface area contributed by atoms with E-state index in [0.29, 0.717) is 11.3 Å². The molecule has 0 radical (unpaired) electrons. The largest absolute Gasteiger partial charge is 0.293 e. The number of nitrogens with zero attached hydrogens (tertiary/aromatic N) is 1. The normalized spacial score (nSPS) is 11.9. The van der Waals surface area contributed by atoms with Gasteiger partial charge in [-0.1, -0.05) is 19.1 Å². The van der Waals surface area contributed by atoms with E-state index in [1.165, 1.54) is 12.3 Å². The first-order valence-corrected chi connectivity index (χ1v) is 6.11. The molecule has 0 saturated carbocycles. The molecule has 2 nitrogen and oxygen atoms in total. The minimum atomic E-state index is -0.885. The molecule has 0 aliphatic rings. The number of hydrogen-bond acceptors (Lipinski definition) is 2. The molecule has 0 spiro atoms. The molecule has 2 aromatic rings. The predicted octanol–water partition coefficient (Wildman–Crippen LogP) is 4.03. The van der Waals surface area contributed by atoms with Crippen LogP contribution in [0.5, 0.6) is 0 Å². The van der Waals surface area contributed by atoms with Crippen LogP contribution < -0.4 is 0 Å². The van der Waals surface area contributed by atoms with Gasteiger partial charge in [-0.25, -0.2) is 8.78 Å². The number of benzene rings is 1. The van der Waals surface area contributed by atoms with Crippen LogP contribution in [0, 0.1) is 17.6 Å². The number of aromatic nitrogens is 1. The average Bonchev–Trinajstić information content (AvgIpc) is 2.46. The van der Waals surface area contributed by atoms with Gasteiger partial charge in [0.1, 0.15) is 11.6 Å². The second kappa shape index (κ2) is 5.74. The minimum Gasteiger partial charge on any atom is -0.293 e. The van der Waals surface area contributed by atoms with Crippen molar-refractivity contribution in [2.24, 2.45) is 5.92 Å². The summed E-state index contributed by atoms with van der Waals surface area (Å²) in [7, 11) is 0. The maximum atomic E-state index is 14.0. The maximum Gasteiger partial charge on any atom is 0.175 e. The molecule has 1 atom stereocenters. The Balaban J connectivity index is 2.50. The molecule has 0 bridgehead atoms. The molecular formula is C16H13F2NO. The molecule has 1 heterocycles. The standard InChI is InChI=1S/C16H13F2NO/c1-3-10(2)16(20)15-12(17)8-11(9-13(15)18)14-6-4-5-7-19-14/h3-10H,1H2,2H3. The number of carbonyl (C=O) groups is 1. The van der Waals surface area contributed by atoms with Crippen molar-refractivity contribution < 1.29 is 13.6 Å². The fourth-order valence-corrected chi connectivity index (χ4v) is 1.82. The molecule has 4 heteroatoms. The van der Waals surface area contributed by atoms with Crippen LogP contribution in [-0.2, 0) is 0 Å². The van der Waals surface area contributed by atoms with E-state index in [0.717, 1.165) is 12.1 Å². The summed E-state index contributed by atoms with van der Waals surface area (Å²) in [6.07, 6.45) is 2.89. The Morgan fingerprint density at radius 2 is 1.95 bits per heavy atom. The number of ketones is 1. The summed E-state index contributed by atoms with van der Waals surface area (Å²) >= 11 is 0. The van der Waals surface area contributed by atoms with Crippen molar-refractivity contribution in [2.75, 3.05) is 0 Å². The first-order valence-electron chi connectivity index (χ1n) is 6.11. The van der Waals surface area contributed by atoms with Crippen molar-refractivity contribution in [1.29, 1.82) is 0 Å². The Labute approximate surface area is 115 Å². The van der Waals surface area contributed by atoms with Gasteiger partial charge in [-0.05, 0) is 24.3 Å². The van der Waals surface area contributed by atoms with Gasteiger partial charge in [-0.3, -0.25) is 9.78 Å². The highest BCUT2D eigenvalue weighted by molar-refractivity contribution is 5.99. The lowest BCUT2D eigenvalue weighted by Gasteiger charge is -2.09. The van der Waals surface area contributed by atoms with E-state index in [1.54, 1.807) is 25.1 Å². The molecule has 1 aromatic carbocycles. The van der Waals surface area contributed by atoms with Gasteiger partial charge in [-0.2, -0.15) is 0 Å². The average molecular weight is 273 g/mol. The molecule has 0 fully saturated rings. The molecule has 0 saturated heterocycles. The fraction of sp³-hybridized carbons (Fsp3) is 0.125. The zero-order chi connectivity index (χ0) is 14.7. The SMILES string of the molecule is C=CC(C)C(=O)c1c(F)cc(-c2ccccn2)cc1F. The van der Waals surface area contributed by atoms with Crippen molar-refractivity contribution in [3.63, 3.8) is 0 Å². The van der Waals surface area contributed by atoms with Crippen LogP contribution in [0.2, 0.25) is 0 Å². The highest BCUT2D eigenvalue weighted by atomic mass is 19.1. The van der Waals surface area contributed by atoms with Crippen LogP contribution >= 0.6 is 0 Å². The maximum absolute atomic E-state index is 14.0. The van der Waals surface area contributed by atoms with E-state index in [2.05, 4.69) is 11.6 Å². The van der Waals surface area contributed by atoms with E-state index < -0.39 is 28.9 Å². The van der Waals surface area contributed by atoms with Gasteiger partial charge in [0.15, 0.2) is 5.78 Å². The minimum absolute atomic E-state index is 0.295. The third-order valence-corrected chi connectivity index (χ3v) is 3.02. The third kappa shape index (κ3) is 2.64. The summed E-state index contributed by atoms with van der Waals surface area (Å²) in [5.41, 5.74) is 0.210. The second-order valence-electron chi connectivity index (χ2n) is 4.42. The summed E-state index contributed by atoms with van der Waals surface area (Å²) in [6, 6.07) is 7.31. The highest BCUT2D eigenvalue weighted by Crippen LogP contribution is 2.24. The summed E-state index contributed by atoms with van der Waals surface area (Å²) in [5, 5.41) is 0. The van der Waals surface area contributed by atoms with E-state index in [9.17, 15) is 13.6 Å². The number of rotatable bonds is 4. The van der Waals surface area contributed by atoms with Gasteiger partial charge in [0.25, 0.3) is 0 Å². The number of Topliss-reactive ketones (excluding diaryl/α,β-unsaturated/α-hetero) is 1. The lowest BCUT2D eigenvalue weighted by Crippen LogP contribution is -2.13. The molecule has 2 rings (SSSR count). The molecule has 102 valence electrons. The van der Waals surface area contributed by atoms with Gasteiger partial charge in [-0.15, -0.1) is 6.58 Å². The van der Waals surface area contributed by atoms with Crippen molar-refractivity contribution in [1.82, 2.24) is 4.98 Å². The zero-order valence-corrected chi connectivity index (χ0v) is 10.9. The lowest BCUT2D eigenvalue weighted by molar-refractivity contribution is 0.0945. The molecule has 1 aromatic heterocycles. The van der Waals surface area contributed by atoms with Gasteiger partial charge < -0.3 is 0 Å². The molecule has 0 amide bonds. The van der Waals surface area contributed by atoms with Crippen molar-refractivity contribution in [3.8, 4) is 11.3 Å². The summed E-state index contributed by atoms with van der Waals surface area (Å²) in [4.78, 5) is 15.9. The van der Waals surface area contributed by atoms with Crippen LogP contribution in [0.25, 0.3) is 11.3 Å². The molecule has 20 heavy (non-hydrogen) atoms. The van der Waals surface area contributed by atoms with Crippen LogP contribution in [0.15, 0.2) is 49.2 Å². The van der Waals surface area contributed by atoms with Crippen LogP contribution in [0.4, 0.5) is 8.78 Å². The molecule has 0 aliphatic carbocycles. The predicted molar refractivity (Wildman–Crippen MR) is 73.3 cm³/mol. The Morgan fingerprint density at radius 1 is 1.30 bits per heavy atom. The fourth-order valence-electron chi connectivity index (χ4n) is 1.82. The Hall–Kier alpha value is -2.36. The second-order valence-corrected chi connectivity index (χ2v) is 4.42. The van der Waals surface area contributed by atoms with E-state index in [-0.39, 0.29) is 0 Å². The molecule has 0 aliphatic heterocycles. The van der Waals surface area contributed by atoms with E-state index >= 15 is 0 Å². The smallest absolute Gasteiger partial charge is 0.175 e. The van der Waals surface area contributed by atoms with Crippen LogP contribution in [-0.4, -0.2) is 10.8 Å². The molecule has 0 N–H and O–H groups in total. The number of pyridine rings is 1. The summed E-state index contributed by atoms with van der Waals surface area (Å²) in [5.74, 6) is -3.03. The quantitative estimate of drug-likeness (QED) is 0.621. The topological polar surface area (TPSA) is 30.0 Å². The Bertz CT molecular complexity index is 630. The Kier molecular flexibility index (Phi) is 4.03. The number of allylic oxidation sites excluding steroid dienone is 1. The van der Waals surface area contributed by atoms with Crippen LogP contribution in [0.3, 0.4) is 0 Å². The first kappa shape index (κ1) is 14.1. The van der Waals surface area contributed by atoms with Gasteiger partial charge in [0.05, 0.1) is 11.3 Å². The monoisotopic (exact) mass is 273 g/mol. The van der Waals surface area contributed by atoms with Crippen molar-refractivity contribution in [3.05, 3.63) is 66.4 Å². The zero-order valence-electron chi connectivity index (χ0n) is 10.9. The number of carbonyl (C=O) groups excluding carboxylic acids is 1. The summed E-state index contributed by atoms with van der Waals surface area (Å²) < 4.78 is 28.0. The molecule has 1 unspecified atom stereocenters. The highest BCUT2D eigenvalue weighted by Gasteiger charge is 2.22. The van der Waals surface area contributed by atoms with Gasteiger partial charge in [0.2, 0.25) is 0 Å². The van der Waals surface area contributed by atoms with Crippen LogP contribution in [0.1, 0.15) is 17.3 Å². The molecular weight excluding hydrogens is 260 g/mol. The van der Waals surface area contributed by atoms with Crippen molar-refractivity contribution in [2.45, 2.75) is 6.92 Å². The number of halogens is 2. The lowest BCUT2D eigenvalue weighted by atomic mass is 9.96. The third-order valence-electron chi connectivity index (χ3n) is 3.02. The van der Waals surface area contributed by atoms with Gasteiger partial charge in [0, 0.05) is 17.7 Å². The number of hydrogen-bond donors (Lipinski definition) is 0. The van der Waals surface area contributed by atoms with E-state index in [1.807, 2.05) is 0 Å². The van der Waals surface area contributed by atoms with E-state index in [4.69, 9.17) is 0 Å².